The van der Waals surface area contributed by atoms with Gasteiger partial charge >= 0.3 is 0 Å². The highest BCUT2D eigenvalue weighted by Gasteiger charge is 2.71. The molecule has 0 aromatic heterocycles. The highest BCUT2D eigenvalue weighted by atomic mass is 79.9. The number of hydrogen-bond acceptors (Lipinski definition) is 5. The third kappa shape index (κ3) is 1.57. The molecule has 1 heterocycles. The Hall–Kier alpha value is 0.670. The van der Waals surface area contributed by atoms with E-state index < -0.39 is 16.6 Å². The van der Waals surface area contributed by atoms with E-state index in [4.69, 9.17) is 4.74 Å². The Morgan fingerprint density at radius 2 is 2.20 bits per heavy atom. The number of ether oxygens (including phenoxy) is 1. The van der Waals surface area contributed by atoms with E-state index in [1.807, 2.05) is 6.92 Å². The van der Waals surface area contributed by atoms with Crippen molar-refractivity contribution in [3.8, 4) is 0 Å². The van der Waals surface area contributed by atoms with Gasteiger partial charge in [0, 0.05) is 0 Å². The van der Waals surface area contributed by atoms with Gasteiger partial charge in [0.25, 0.3) is 0 Å². The predicted octanol–water partition coefficient (Wildman–Crippen LogP) is 0.496. The summed E-state index contributed by atoms with van der Waals surface area (Å²) in [6.07, 6.45) is 0.0107. The van der Waals surface area contributed by atoms with Crippen LogP contribution in [0, 0.1) is 11.8 Å². The average molecular weight is 299 g/mol. The number of halogens is 1. The summed E-state index contributed by atoms with van der Waals surface area (Å²) >= 11 is 3.24. The van der Waals surface area contributed by atoms with Crippen molar-refractivity contribution in [3.05, 3.63) is 0 Å². The van der Waals surface area contributed by atoms with Crippen LogP contribution in [0.5, 0.6) is 0 Å². The van der Waals surface area contributed by atoms with Crippen molar-refractivity contribution in [1.82, 2.24) is 0 Å². The second kappa shape index (κ2) is 3.85. The van der Waals surface area contributed by atoms with Crippen LogP contribution in [0.2, 0.25) is 0 Å². The summed E-state index contributed by atoms with van der Waals surface area (Å²) < 4.78 is 5.61. The molecule has 1 saturated carbocycles. The molecule has 5 unspecified atom stereocenters. The smallest absolute Gasteiger partial charge is 0.148 e. The summed E-state index contributed by atoms with van der Waals surface area (Å²) in [5.41, 5.74) is -0.893. The maximum absolute atomic E-state index is 10.2. The van der Waals surface area contributed by atoms with Gasteiger partial charge in [-0.3, -0.25) is 0 Å². The predicted molar refractivity (Wildman–Crippen MR) is 60.5 cm³/mol. The molecule has 4 nitrogen and oxygen atoms in total. The lowest BCUT2D eigenvalue weighted by molar-refractivity contribution is -0.169. The first kappa shape index (κ1) is 12.1. The molecule has 0 bridgehead atoms. The highest BCUT2D eigenvalue weighted by Crippen LogP contribution is 2.63. The molecule has 1 aliphatic carbocycles. The molecule has 15 heavy (non-hydrogen) atoms. The first-order valence-corrected chi connectivity index (χ1v) is 7.61. The molecule has 1 saturated heterocycles. The maximum Gasteiger partial charge on any atom is 0.148 e. The van der Waals surface area contributed by atoms with Crippen LogP contribution >= 0.6 is 25.0 Å². The average Bonchev–Trinajstić information content (AvgIpc) is 2.80. The maximum atomic E-state index is 10.2. The molecule has 0 spiro atoms. The molecule has 0 aromatic rings. The molecule has 0 amide bonds. The summed E-state index contributed by atoms with van der Waals surface area (Å²) in [4.78, 5) is -0.727. The van der Waals surface area contributed by atoms with Gasteiger partial charge < -0.3 is 20.1 Å². The second-order valence-electron chi connectivity index (χ2n) is 4.42. The van der Waals surface area contributed by atoms with E-state index in [9.17, 15) is 15.3 Å². The fourth-order valence-corrected chi connectivity index (χ4v) is 4.00. The van der Waals surface area contributed by atoms with Crippen LogP contribution in [0.25, 0.3) is 0 Å². The number of hydrogen-bond donors (Lipinski definition) is 3. The van der Waals surface area contributed by atoms with Crippen molar-refractivity contribution in [3.63, 3.8) is 0 Å². The fourth-order valence-electron chi connectivity index (χ4n) is 2.63. The minimum Gasteiger partial charge on any atom is -0.394 e. The van der Waals surface area contributed by atoms with E-state index in [0.29, 0.717) is 6.42 Å². The molecule has 6 heteroatoms. The Balaban J connectivity index is 2.19. The zero-order valence-electron chi connectivity index (χ0n) is 8.39. The molecule has 2 rings (SSSR count). The van der Waals surface area contributed by atoms with E-state index in [1.165, 1.54) is 10.2 Å². The fraction of sp³-hybridized carbons (Fsp3) is 1.00. The lowest BCUT2D eigenvalue weighted by Gasteiger charge is -2.39. The quantitative estimate of drug-likeness (QED) is 0.708. The Bertz CT molecular complexity index is 260. The Morgan fingerprint density at radius 3 is 2.67 bits per heavy atom. The van der Waals surface area contributed by atoms with Gasteiger partial charge in [0.2, 0.25) is 0 Å². The molecule has 2 aliphatic rings. The zero-order chi connectivity index (χ0) is 11.3. The monoisotopic (exact) mass is 298 g/mol. The van der Waals surface area contributed by atoms with Gasteiger partial charge in [0.15, 0.2) is 0 Å². The van der Waals surface area contributed by atoms with Gasteiger partial charge in [-0.05, 0) is 43.3 Å². The lowest BCUT2D eigenvalue weighted by atomic mass is 10.0. The number of aliphatic hydroxyl groups excluding tert-OH is 2. The van der Waals surface area contributed by atoms with Crippen LogP contribution in [0.3, 0.4) is 0 Å². The van der Waals surface area contributed by atoms with Crippen molar-refractivity contribution in [1.29, 1.82) is 0 Å². The van der Waals surface area contributed by atoms with Crippen LogP contribution in [0.1, 0.15) is 13.3 Å². The largest absolute Gasteiger partial charge is 0.394 e. The van der Waals surface area contributed by atoms with Gasteiger partial charge in [0.05, 0.1) is 18.8 Å². The molecule has 1 aliphatic heterocycles. The van der Waals surface area contributed by atoms with Crippen LogP contribution in [0.15, 0.2) is 0 Å². The van der Waals surface area contributed by atoms with E-state index in [0.717, 1.165) is 0 Å². The number of fused-ring (bicyclic) bond motifs is 1. The first-order valence-electron chi connectivity index (χ1n) is 4.95. The van der Waals surface area contributed by atoms with Gasteiger partial charge in [-0.1, -0.05) is 6.92 Å². The Morgan fingerprint density at radius 1 is 1.53 bits per heavy atom. The van der Waals surface area contributed by atoms with E-state index in [2.05, 4.69) is 14.8 Å². The standard InChI is InChI=1S/C9H15BrO4S/c1-5-6-2-8(4-12,15-10)14-7(3-11)9(5,6)13/h5-7,11-13H,2-4H2,1H3. The van der Waals surface area contributed by atoms with E-state index in [1.54, 1.807) is 0 Å². The van der Waals surface area contributed by atoms with Crippen molar-refractivity contribution in [2.24, 2.45) is 11.8 Å². The number of aliphatic hydroxyl groups is 3. The first-order chi connectivity index (χ1) is 7.04. The molecule has 2 fully saturated rings. The highest BCUT2D eigenvalue weighted by molar-refractivity contribution is 9.50. The van der Waals surface area contributed by atoms with Gasteiger partial charge in [0.1, 0.15) is 11.0 Å². The van der Waals surface area contributed by atoms with Crippen molar-refractivity contribution in [2.75, 3.05) is 13.2 Å². The summed E-state index contributed by atoms with van der Waals surface area (Å²) in [6.45, 7) is 1.61. The summed E-state index contributed by atoms with van der Waals surface area (Å²) in [5.74, 6) is 0.239. The molecule has 3 N–H and O–H groups in total. The Labute approximate surface area is 100 Å². The Kier molecular flexibility index (Phi) is 3.12. The summed E-state index contributed by atoms with van der Waals surface area (Å²) in [6, 6.07) is 0. The molecule has 0 aromatic carbocycles. The van der Waals surface area contributed by atoms with E-state index >= 15 is 0 Å². The van der Waals surface area contributed by atoms with Crippen LogP contribution in [0.4, 0.5) is 0 Å². The van der Waals surface area contributed by atoms with Crippen LogP contribution in [-0.4, -0.2) is 45.2 Å². The third-order valence-corrected chi connectivity index (χ3v) is 6.21. The molecule has 0 radical (unpaired) electrons. The normalized spacial score (nSPS) is 53.8. The molecular weight excluding hydrogens is 284 g/mol. The third-order valence-electron chi connectivity index (χ3n) is 3.77. The van der Waals surface area contributed by atoms with Crippen LogP contribution in [-0.2, 0) is 4.74 Å². The second-order valence-corrected chi connectivity index (χ2v) is 6.29. The SMILES string of the molecule is CC1C2CC(CO)(SBr)OC(CO)C12O. The van der Waals surface area contributed by atoms with Gasteiger partial charge in [-0.15, -0.1) is 0 Å². The minimum absolute atomic E-state index is 0.112. The van der Waals surface area contributed by atoms with Crippen molar-refractivity contribution in [2.45, 2.75) is 30.0 Å². The van der Waals surface area contributed by atoms with Crippen molar-refractivity contribution >= 4 is 25.0 Å². The van der Waals surface area contributed by atoms with Crippen LogP contribution < -0.4 is 0 Å². The zero-order valence-corrected chi connectivity index (χ0v) is 10.8. The molecular formula is C9H15BrO4S. The topological polar surface area (TPSA) is 69.9 Å². The summed E-state index contributed by atoms with van der Waals surface area (Å²) in [7, 11) is 1.26. The molecule has 88 valence electrons. The summed E-state index contributed by atoms with van der Waals surface area (Å²) in [5, 5.41) is 28.7. The minimum atomic E-state index is -0.893. The van der Waals surface area contributed by atoms with E-state index in [-0.39, 0.29) is 25.0 Å². The van der Waals surface area contributed by atoms with Gasteiger partial charge in [-0.2, -0.15) is 0 Å². The van der Waals surface area contributed by atoms with Crippen molar-refractivity contribution < 1.29 is 20.1 Å². The molecule has 5 atom stereocenters. The number of rotatable bonds is 3. The lowest BCUT2D eigenvalue weighted by Crippen LogP contribution is -2.50. The van der Waals surface area contributed by atoms with Gasteiger partial charge in [-0.25, -0.2) is 0 Å².